The van der Waals surface area contributed by atoms with E-state index in [1.54, 1.807) is 0 Å². The SMILES string of the molecule is CC(c1cccs1)N(C)CC1(CNC2CC2)CCOC1. The first-order chi connectivity index (χ1) is 9.69. The van der Waals surface area contributed by atoms with Crippen molar-refractivity contribution in [2.24, 2.45) is 5.41 Å². The highest BCUT2D eigenvalue weighted by molar-refractivity contribution is 7.10. The Kier molecular flexibility index (Phi) is 4.46. The van der Waals surface area contributed by atoms with E-state index in [2.05, 4.69) is 41.7 Å². The van der Waals surface area contributed by atoms with E-state index < -0.39 is 0 Å². The van der Waals surface area contributed by atoms with Crippen molar-refractivity contribution in [1.29, 1.82) is 0 Å². The van der Waals surface area contributed by atoms with Crippen LogP contribution in [0.25, 0.3) is 0 Å². The number of hydrogen-bond donors (Lipinski definition) is 1. The summed E-state index contributed by atoms with van der Waals surface area (Å²) in [4.78, 5) is 3.95. The zero-order valence-corrected chi connectivity index (χ0v) is 13.4. The molecule has 112 valence electrons. The van der Waals surface area contributed by atoms with Crippen molar-refractivity contribution in [3.8, 4) is 0 Å². The number of thiophene rings is 1. The molecule has 0 bridgehead atoms. The molecule has 0 radical (unpaired) electrons. The molecule has 4 heteroatoms. The van der Waals surface area contributed by atoms with Crippen molar-refractivity contribution >= 4 is 11.3 Å². The molecule has 2 atom stereocenters. The van der Waals surface area contributed by atoms with Gasteiger partial charge in [-0.2, -0.15) is 0 Å². The Morgan fingerprint density at radius 1 is 1.55 bits per heavy atom. The smallest absolute Gasteiger partial charge is 0.0547 e. The third kappa shape index (κ3) is 3.42. The number of nitrogens with zero attached hydrogens (tertiary/aromatic N) is 1. The minimum absolute atomic E-state index is 0.308. The Morgan fingerprint density at radius 3 is 3.00 bits per heavy atom. The van der Waals surface area contributed by atoms with E-state index in [1.165, 1.54) is 24.1 Å². The summed E-state index contributed by atoms with van der Waals surface area (Å²) in [5, 5.41) is 5.88. The zero-order valence-electron chi connectivity index (χ0n) is 12.6. The van der Waals surface area contributed by atoms with Crippen LogP contribution in [0, 0.1) is 5.41 Å². The predicted octanol–water partition coefficient (Wildman–Crippen LogP) is 2.90. The van der Waals surface area contributed by atoms with E-state index in [9.17, 15) is 0 Å². The van der Waals surface area contributed by atoms with Crippen molar-refractivity contribution in [3.63, 3.8) is 0 Å². The summed E-state index contributed by atoms with van der Waals surface area (Å²) < 4.78 is 5.72. The molecule has 20 heavy (non-hydrogen) atoms. The van der Waals surface area contributed by atoms with Gasteiger partial charge in [0.15, 0.2) is 0 Å². The molecule has 1 saturated heterocycles. The van der Waals surface area contributed by atoms with Gasteiger partial charge in [-0.25, -0.2) is 0 Å². The lowest BCUT2D eigenvalue weighted by Crippen LogP contribution is -2.44. The molecule has 0 amide bonds. The topological polar surface area (TPSA) is 24.5 Å². The molecule has 3 nitrogen and oxygen atoms in total. The first-order valence-electron chi connectivity index (χ1n) is 7.73. The fourth-order valence-electron chi connectivity index (χ4n) is 3.03. The van der Waals surface area contributed by atoms with E-state index >= 15 is 0 Å². The maximum Gasteiger partial charge on any atom is 0.0547 e. The van der Waals surface area contributed by atoms with E-state index in [4.69, 9.17) is 4.74 Å². The average Bonchev–Trinajstić information content (AvgIpc) is 2.93. The van der Waals surface area contributed by atoms with Crippen LogP contribution in [0.15, 0.2) is 17.5 Å². The number of nitrogens with one attached hydrogen (secondary N) is 1. The lowest BCUT2D eigenvalue weighted by atomic mass is 9.86. The van der Waals surface area contributed by atoms with Gasteiger partial charge in [-0.3, -0.25) is 4.90 Å². The maximum absolute atomic E-state index is 5.72. The van der Waals surface area contributed by atoms with Crippen molar-refractivity contribution in [2.75, 3.05) is 33.4 Å². The summed E-state index contributed by atoms with van der Waals surface area (Å²) in [6.45, 7) is 6.37. The van der Waals surface area contributed by atoms with Crippen LogP contribution in [0.5, 0.6) is 0 Å². The van der Waals surface area contributed by atoms with Crippen LogP contribution in [-0.2, 0) is 4.74 Å². The van der Waals surface area contributed by atoms with Crippen LogP contribution in [-0.4, -0.2) is 44.3 Å². The highest BCUT2D eigenvalue weighted by Crippen LogP contribution is 2.33. The van der Waals surface area contributed by atoms with Gasteiger partial charge in [-0.15, -0.1) is 11.3 Å². The van der Waals surface area contributed by atoms with E-state index in [0.29, 0.717) is 11.5 Å². The van der Waals surface area contributed by atoms with Crippen LogP contribution >= 0.6 is 11.3 Å². The van der Waals surface area contributed by atoms with Crippen LogP contribution in [0.4, 0.5) is 0 Å². The fraction of sp³-hybridized carbons (Fsp3) is 0.750. The number of ether oxygens (including phenoxy) is 1. The lowest BCUT2D eigenvalue weighted by molar-refractivity contribution is 0.104. The highest BCUT2D eigenvalue weighted by Gasteiger charge is 2.38. The number of rotatable bonds is 7. The van der Waals surface area contributed by atoms with E-state index in [-0.39, 0.29) is 0 Å². The molecular weight excluding hydrogens is 268 g/mol. The van der Waals surface area contributed by atoms with Crippen LogP contribution in [0.3, 0.4) is 0 Å². The van der Waals surface area contributed by atoms with Crippen LogP contribution in [0.2, 0.25) is 0 Å². The lowest BCUT2D eigenvalue weighted by Gasteiger charge is -2.35. The van der Waals surface area contributed by atoms with Gasteiger partial charge in [-0.05, 0) is 44.7 Å². The molecule has 0 aromatic carbocycles. The molecule has 2 fully saturated rings. The average molecular weight is 294 g/mol. The highest BCUT2D eigenvalue weighted by atomic mass is 32.1. The van der Waals surface area contributed by atoms with Crippen LogP contribution < -0.4 is 5.32 Å². The fourth-order valence-corrected chi connectivity index (χ4v) is 3.88. The Hall–Kier alpha value is -0.420. The molecule has 2 aliphatic rings. The maximum atomic E-state index is 5.72. The summed E-state index contributed by atoms with van der Waals surface area (Å²) in [5.74, 6) is 0. The van der Waals surface area contributed by atoms with Gasteiger partial charge < -0.3 is 10.1 Å². The molecule has 1 saturated carbocycles. The molecule has 1 aromatic rings. The third-order valence-electron chi connectivity index (χ3n) is 4.73. The second kappa shape index (κ2) is 6.14. The monoisotopic (exact) mass is 294 g/mol. The minimum atomic E-state index is 0.308. The minimum Gasteiger partial charge on any atom is -0.381 e. The summed E-state index contributed by atoms with van der Waals surface area (Å²) in [6, 6.07) is 5.67. The quantitative estimate of drug-likeness (QED) is 0.837. The second-order valence-electron chi connectivity index (χ2n) is 6.56. The molecular formula is C16H26N2OS. The van der Waals surface area contributed by atoms with Gasteiger partial charge in [-0.1, -0.05) is 6.07 Å². The van der Waals surface area contributed by atoms with E-state index in [0.717, 1.165) is 32.3 Å². The summed E-state index contributed by atoms with van der Waals surface area (Å²) in [6.07, 6.45) is 3.91. The molecule has 1 aliphatic carbocycles. The molecule has 1 aliphatic heterocycles. The van der Waals surface area contributed by atoms with Crippen molar-refractivity contribution in [3.05, 3.63) is 22.4 Å². The molecule has 1 aromatic heterocycles. The van der Waals surface area contributed by atoms with E-state index in [1.807, 2.05) is 11.3 Å². The summed E-state index contributed by atoms with van der Waals surface area (Å²) in [7, 11) is 2.25. The molecule has 2 unspecified atom stereocenters. The normalized spacial score (nSPS) is 28.1. The van der Waals surface area contributed by atoms with Crippen molar-refractivity contribution in [2.45, 2.75) is 38.3 Å². The third-order valence-corrected chi connectivity index (χ3v) is 5.77. The van der Waals surface area contributed by atoms with Gasteiger partial charge in [0.05, 0.1) is 6.61 Å². The molecule has 3 rings (SSSR count). The van der Waals surface area contributed by atoms with Crippen molar-refractivity contribution < 1.29 is 4.74 Å². The van der Waals surface area contributed by atoms with Crippen molar-refractivity contribution in [1.82, 2.24) is 10.2 Å². The largest absolute Gasteiger partial charge is 0.381 e. The summed E-state index contributed by atoms with van der Waals surface area (Å²) >= 11 is 1.86. The zero-order chi connectivity index (χ0) is 14.0. The Balaban J connectivity index is 1.59. The van der Waals surface area contributed by atoms with Gasteiger partial charge >= 0.3 is 0 Å². The Bertz CT molecular complexity index is 410. The predicted molar refractivity (Wildman–Crippen MR) is 84.3 cm³/mol. The first-order valence-corrected chi connectivity index (χ1v) is 8.61. The molecule has 2 heterocycles. The number of hydrogen-bond acceptors (Lipinski definition) is 4. The standard InChI is InChI=1S/C16H26N2OS/c1-13(15-4-3-9-20-15)18(2)11-16(7-8-19-12-16)10-17-14-5-6-14/h3-4,9,13-14,17H,5-8,10-12H2,1-2H3. The van der Waals surface area contributed by atoms with Gasteiger partial charge in [0.25, 0.3) is 0 Å². The first kappa shape index (κ1) is 14.5. The van der Waals surface area contributed by atoms with Gasteiger partial charge in [0, 0.05) is 42.1 Å². The molecule has 1 N–H and O–H groups in total. The molecule has 0 spiro atoms. The summed E-state index contributed by atoms with van der Waals surface area (Å²) in [5.41, 5.74) is 0.308. The second-order valence-corrected chi connectivity index (χ2v) is 7.54. The van der Waals surface area contributed by atoms with Gasteiger partial charge in [0.2, 0.25) is 0 Å². The Morgan fingerprint density at radius 2 is 2.40 bits per heavy atom. The van der Waals surface area contributed by atoms with Gasteiger partial charge in [0.1, 0.15) is 0 Å². The Labute approximate surface area is 126 Å². The van der Waals surface area contributed by atoms with Crippen LogP contribution in [0.1, 0.15) is 37.1 Å².